The molecule has 0 aliphatic carbocycles. The Morgan fingerprint density at radius 3 is 3.29 bits per heavy atom. The molecule has 1 unspecified atom stereocenters. The molecule has 1 aromatic heterocycles. The molecule has 0 aromatic carbocycles. The second-order valence-corrected chi connectivity index (χ2v) is 3.78. The lowest BCUT2D eigenvalue weighted by atomic mass is 10.1. The maximum atomic E-state index is 10.6. The zero-order valence-electron chi connectivity index (χ0n) is 7.51. The normalized spacial score (nSPS) is 17.6. The van der Waals surface area contributed by atoms with E-state index in [0.29, 0.717) is 0 Å². The molecule has 6 heteroatoms. The van der Waals surface area contributed by atoms with Gasteiger partial charge in [0.15, 0.2) is 0 Å². The SMILES string of the molecule is O=S(O)NN1CCCc2cnccc21. The topological polar surface area (TPSA) is 65.5 Å². The van der Waals surface area contributed by atoms with E-state index in [-0.39, 0.29) is 0 Å². The van der Waals surface area contributed by atoms with E-state index < -0.39 is 11.3 Å². The Hall–Kier alpha value is -0.980. The summed E-state index contributed by atoms with van der Waals surface area (Å²) in [5.74, 6) is 0. The van der Waals surface area contributed by atoms with Crippen molar-refractivity contribution in [3.8, 4) is 0 Å². The number of aromatic nitrogens is 1. The summed E-state index contributed by atoms with van der Waals surface area (Å²) in [5.41, 5.74) is 2.05. The van der Waals surface area contributed by atoms with Crippen LogP contribution in [0.3, 0.4) is 0 Å². The number of pyridine rings is 1. The van der Waals surface area contributed by atoms with E-state index in [2.05, 4.69) is 9.82 Å². The molecule has 2 rings (SSSR count). The third-order valence-electron chi connectivity index (χ3n) is 2.18. The van der Waals surface area contributed by atoms with Crippen LogP contribution in [0.2, 0.25) is 0 Å². The first kappa shape index (κ1) is 9.57. The van der Waals surface area contributed by atoms with E-state index >= 15 is 0 Å². The van der Waals surface area contributed by atoms with Crippen LogP contribution in [-0.4, -0.2) is 20.3 Å². The van der Waals surface area contributed by atoms with Gasteiger partial charge in [0.1, 0.15) is 0 Å². The summed E-state index contributed by atoms with van der Waals surface area (Å²) in [6.07, 6.45) is 5.41. The summed E-state index contributed by atoms with van der Waals surface area (Å²) >= 11 is -2.01. The standard InChI is InChI=1S/C8H11N3O2S/c12-14(13)10-11-5-1-2-7-6-9-4-3-8(7)11/h3-4,6,10H,1-2,5H2,(H,12,13). The van der Waals surface area contributed by atoms with Crippen LogP contribution in [0.5, 0.6) is 0 Å². The minimum absolute atomic E-state index is 0.739. The van der Waals surface area contributed by atoms with Gasteiger partial charge in [-0.1, -0.05) is 0 Å². The maximum absolute atomic E-state index is 10.6. The van der Waals surface area contributed by atoms with Gasteiger partial charge < -0.3 is 0 Å². The summed E-state index contributed by atoms with van der Waals surface area (Å²) in [5, 5.41) is 1.69. The molecule has 0 bridgehead atoms. The average Bonchev–Trinajstić information content (AvgIpc) is 2.18. The van der Waals surface area contributed by atoms with Gasteiger partial charge >= 0.3 is 0 Å². The molecule has 2 N–H and O–H groups in total. The highest BCUT2D eigenvalue weighted by Crippen LogP contribution is 2.23. The highest BCUT2D eigenvalue weighted by molar-refractivity contribution is 7.77. The van der Waals surface area contributed by atoms with Gasteiger partial charge in [-0.3, -0.25) is 14.5 Å². The molecule has 1 aliphatic rings. The number of rotatable bonds is 2. The quantitative estimate of drug-likeness (QED) is 0.701. The second kappa shape index (κ2) is 4.04. The molecule has 1 aliphatic heterocycles. The van der Waals surface area contributed by atoms with Crippen molar-refractivity contribution in [2.45, 2.75) is 12.8 Å². The molecule has 0 fully saturated rings. The van der Waals surface area contributed by atoms with Crippen molar-refractivity contribution >= 4 is 17.0 Å². The van der Waals surface area contributed by atoms with Crippen LogP contribution in [0.4, 0.5) is 5.69 Å². The average molecular weight is 213 g/mol. The molecular formula is C8H11N3O2S. The Morgan fingerprint density at radius 1 is 1.64 bits per heavy atom. The van der Waals surface area contributed by atoms with Crippen molar-refractivity contribution in [2.75, 3.05) is 11.6 Å². The molecule has 0 radical (unpaired) electrons. The number of hydrogen-bond donors (Lipinski definition) is 2. The fourth-order valence-corrected chi connectivity index (χ4v) is 1.99. The van der Waals surface area contributed by atoms with E-state index in [1.54, 1.807) is 17.4 Å². The molecule has 2 heterocycles. The Kier molecular flexibility index (Phi) is 2.76. The number of fused-ring (bicyclic) bond motifs is 1. The first-order valence-corrected chi connectivity index (χ1v) is 5.45. The van der Waals surface area contributed by atoms with Gasteiger partial charge in [-0.15, -0.1) is 4.83 Å². The first-order chi connectivity index (χ1) is 6.77. The number of anilines is 1. The molecular weight excluding hydrogens is 202 g/mol. The number of hydrazine groups is 1. The van der Waals surface area contributed by atoms with Crippen LogP contribution in [0.25, 0.3) is 0 Å². The predicted octanol–water partition coefficient (Wildman–Crippen LogP) is 0.475. The fourth-order valence-electron chi connectivity index (χ4n) is 1.61. The van der Waals surface area contributed by atoms with Gasteiger partial charge in [-0.05, 0) is 24.5 Å². The van der Waals surface area contributed by atoms with Crippen molar-refractivity contribution in [3.05, 3.63) is 24.0 Å². The Bertz CT molecular complexity index is 358. The third kappa shape index (κ3) is 1.92. The van der Waals surface area contributed by atoms with Crippen molar-refractivity contribution in [2.24, 2.45) is 0 Å². The minimum Gasteiger partial charge on any atom is -0.295 e. The highest BCUT2D eigenvalue weighted by atomic mass is 32.2. The van der Waals surface area contributed by atoms with Gasteiger partial charge in [0.25, 0.3) is 11.3 Å². The molecule has 14 heavy (non-hydrogen) atoms. The number of aryl methyl sites for hydroxylation is 1. The van der Waals surface area contributed by atoms with Crippen LogP contribution in [0, 0.1) is 0 Å². The van der Waals surface area contributed by atoms with Crippen molar-refractivity contribution in [1.29, 1.82) is 0 Å². The third-order valence-corrected chi connectivity index (χ3v) is 2.56. The monoisotopic (exact) mass is 213 g/mol. The Balaban J connectivity index is 2.26. The van der Waals surface area contributed by atoms with E-state index in [0.717, 1.165) is 30.6 Å². The van der Waals surface area contributed by atoms with E-state index in [1.807, 2.05) is 6.07 Å². The number of nitrogens with zero attached hydrogens (tertiary/aromatic N) is 2. The highest BCUT2D eigenvalue weighted by Gasteiger charge is 2.17. The van der Waals surface area contributed by atoms with Gasteiger partial charge in [0.2, 0.25) is 0 Å². The molecule has 0 spiro atoms. The summed E-state index contributed by atoms with van der Waals surface area (Å²) in [6, 6.07) is 1.84. The smallest absolute Gasteiger partial charge is 0.250 e. The lowest BCUT2D eigenvalue weighted by molar-refractivity contribution is 0.538. The molecule has 0 amide bonds. The van der Waals surface area contributed by atoms with Crippen molar-refractivity contribution in [1.82, 2.24) is 9.82 Å². The van der Waals surface area contributed by atoms with Crippen LogP contribution in [-0.2, 0) is 17.7 Å². The predicted molar refractivity (Wildman–Crippen MR) is 53.8 cm³/mol. The lowest BCUT2D eigenvalue weighted by Gasteiger charge is -2.29. The van der Waals surface area contributed by atoms with Crippen molar-refractivity contribution < 1.29 is 8.76 Å². The van der Waals surface area contributed by atoms with Crippen LogP contribution in [0.15, 0.2) is 18.5 Å². The van der Waals surface area contributed by atoms with Gasteiger partial charge in [0.05, 0.1) is 5.69 Å². The summed E-state index contributed by atoms with van der Waals surface area (Å²) < 4.78 is 19.4. The largest absolute Gasteiger partial charge is 0.295 e. The number of hydrogen-bond acceptors (Lipinski definition) is 3. The maximum Gasteiger partial charge on any atom is 0.250 e. The van der Waals surface area contributed by atoms with E-state index in [4.69, 9.17) is 4.55 Å². The molecule has 1 atom stereocenters. The van der Waals surface area contributed by atoms with Crippen LogP contribution in [0.1, 0.15) is 12.0 Å². The van der Waals surface area contributed by atoms with Gasteiger partial charge in [0, 0.05) is 18.9 Å². The summed E-state index contributed by atoms with van der Waals surface area (Å²) in [6.45, 7) is 0.739. The van der Waals surface area contributed by atoms with Crippen LogP contribution >= 0.6 is 0 Å². The molecule has 1 aromatic rings. The Labute approximate surface area is 84.5 Å². The molecule has 76 valence electrons. The summed E-state index contributed by atoms with van der Waals surface area (Å²) in [4.78, 5) is 6.49. The molecule has 5 nitrogen and oxygen atoms in total. The minimum atomic E-state index is -2.01. The number of nitrogens with one attached hydrogen (secondary N) is 1. The summed E-state index contributed by atoms with van der Waals surface area (Å²) in [7, 11) is 0. The molecule has 0 saturated heterocycles. The van der Waals surface area contributed by atoms with E-state index in [1.165, 1.54) is 0 Å². The second-order valence-electron chi connectivity index (χ2n) is 3.10. The molecule has 0 saturated carbocycles. The fraction of sp³-hybridized carbons (Fsp3) is 0.375. The van der Waals surface area contributed by atoms with Crippen LogP contribution < -0.4 is 9.84 Å². The lowest BCUT2D eigenvalue weighted by Crippen LogP contribution is -2.42. The first-order valence-electron chi connectivity index (χ1n) is 4.35. The van der Waals surface area contributed by atoms with E-state index in [9.17, 15) is 4.21 Å². The zero-order valence-corrected chi connectivity index (χ0v) is 8.33. The van der Waals surface area contributed by atoms with Gasteiger partial charge in [-0.2, -0.15) is 0 Å². The Morgan fingerprint density at radius 2 is 2.50 bits per heavy atom. The zero-order chi connectivity index (χ0) is 9.97. The van der Waals surface area contributed by atoms with Crippen molar-refractivity contribution in [3.63, 3.8) is 0 Å². The van der Waals surface area contributed by atoms with Gasteiger partial charge in [-0.25, -0.2) is 4.21 Å².